The lowest BCUT2D eigenvalue weighted by molar-refractivity contribution is 0.0524. The predicted octanol–water partition coefficient (Wildman–Crippen LogP) is 2.26. The lowest BCUT2D eigenvalue weighted by atomic mass is 9.85. The lowest BCUT2D eigenvalue weighted by Gasteiger charge is -2.42. The molecule has 146 valence electrons. The molecule has 2 heterocycles. The van der Waals surface area contributed by atoms with Crippen molar-refractivity contribution in [2.75, 3.05) is 26.2 Å². The summed E-state index contributed by atoms with van der Waals surface area (Å²) >= 11 is 0. The average Bonchev–Trinajstić information content (AvgIpc) is 2.61. The van der Waals surface area contributed by atoms with Gasteiger partial charge in [0.15, 0.2) is 0 Å². The topological polar surface area (TPSA) is 105 Å². The quantitative estimate of drug-likeness (QED) is 0.809. The number of piperazine rings is 1. The van der Waals surface area contributed by atoms with Gasteiger partial charge in [0.2, 0.25) is 5.88 Å². The Morgan fingerprint density at radius 1 is 1.44 bits per heavy atom. The molecule has 0 aromatic carbocycles. The molecule has 1 N–H and O–H groups in total. The van der Waals surface area contributed by atoms with Crippen LogP contribution in [0.5, 0.6) is 5.88 Å². The van der Waals surface area contributed by atoms with Crippen LogP contribution in [0.2, 0.25) is 0 Å². The van der Waals surface area contributed by atoms with Gasteiger partial charge >= 0.3 is 12.1 Å². The van der Waals surface area contributed by atoms with E-state index in [0.717, 1.165) is 0 Å². The molecular weight excluding hydrogens is 348 g/mol. The van der Waals surface area contributed by atoms with E-state index in [1.54, 1.807) is 18.7 Å². The van der Waals surface area contributed by atoms with Crippen LogP contribution in [0.25, 0.3) is 0 Å². The third-order valence-electron chi connectivity index (χ3n) is 4.46. The molecule has 1 amide bonds. The summed E-state index contributed by atoms with van der Waals surface area (Å²) in [6.07, 6.45) is -0.552. The Bertz CT molecular complexity index is 764. The number of hydrogen-bond donors (Lipinski definition) is 1. The first kappa shape index (κ1) is 20.6. The van der Waals surface area contributed by atoms with Crippen LogP contribution >= 0.6 is 0 Å². The number of nitriles is 1. The maximum atomic E-state index is 12.8. The molecule has 0 aliphatic carbocycles. The Hall–Kier alpha value is -2.66. The van der Waals surface area contributed by atoms with E-state index in [0.29, 0.717) is 25.3 Å². The zero-order valence-corrected chi connectivity index (χ0v) is 16.5. The molecule has 1 aromatic rings. The summed E-state index contributed by atoms with van der Waals surface area (Å²) in [4.78, 5) is 30.6. The summed E-state index contributed by atoms with van der Waals surface area (Å²) in [6.45, 7) is 11.5. The van der Waals surface area contributed by atoms with Crippen LogP contribution in [0.3, 0.4) is 0 Å². The number of esters is 1. The number of nitrogens with zero attached hydrogens (tertiary/aromatic N) is 3. The summed E-state index contributed by atoms with van der Waals surface area (Å²) in [5.74, 6) is -0.661. The van der Waals surface area contributed by atoms with Gasteiger partial charge in [-0.1, -0.05) is 20.8 Å². The highest BCUT2D eigenvalue weighted by molar-refractivity contribution is 5.91. The van der Waals surface area contributed by atoms with E-state index < -0.39 is 12.1 Å². The van der Waals surface area contributed by atoms with Crippen molar-refractivity contribution in [3.05, 3.63) is 22.9 Å². The van der Waals surface area contributed by atoms with Crippen molar-refractivity contribution in [1.82, 2.24) is 15.2 Å². The molecule has 1 saturated heterocycles. The number of aryl methyl sites for hydroxylation is 1. The van der Waals surface area contributed by atoms with Crippen molar-refractivity contribution in [3.8, 4) is 11.9 Å². The second-order valence-corrected chi connectivity index (χ2v) is 7.45. The minimum absolute atomic E-state index is 0.0134. The van der Waals surface area contributed by atoms with Crippen molar-refractivity contribution >= 4 is 12.1 Å². The van der Waals surface area contributed by atoms with Gasteiger partial charge in [-0.15, -0.1) is 0 Å². The molecule has 1 aromatic heterocycles. The summed E-state index contributed by atoms with van der Waals surface area (Å²) < 4.78 is 10.4. The Morgan fingerprint density at radius 3 is 2.74 bits per heavy atom. The van der Waals surface area contributed by atoms with Crippen molar-refractivity contribution in [2.45, 2.75) is 40.7 Å². The van der Waals surface area contributed by atoms with Gasteiger partial charge in [0.25, 0.3) is 0 Å². The van der Waals surface area contributed by atoms with Crippen molar-refractivity contribution < 1.29 is 19.1 Å². The first-order valence-corrected chi connectivity index (χ1v) is 8.97. The molecule has 1 unspecified atom stereocenters. The summed E-state index contributed by atoms with van der Waals surface area (Å²) in [7, 11) is 0. The maximum Gasteiger partial charge on any atom is 0.416 e. The van der Waals surface area contributed by atoms with Gasteiger partial charge in [0, 0.05) is 19.6 Å². The van der Waals surface area contributed by atoms with Crippen molar-refractivity contribution in [1.29, 1.82) is 5.26 Å². The first-order valence-electron chi connectivity index (χ1n) is 8.97. The Morgan fingerprint density at radius 2 is 2.15 bits per heavy atom. The van der Waals surface area contributed by atoms with Crippen molar-refractivity contribution in [3.63, 3.8) is 0 Å². The number of rotatable bonds is 3. The minimum Gasteiger partial charge on any atom is -0.462 e. The fourth-order valence-electron chi connectivity index (χ4n) is 2.99. The number of pyridine rings is 1. The summed E-state index contributed by atoms with van der Waals surface area (Å²) in [5, 5.41) is 12.7. The predicted molar refractivity (Wildman–Crippen MR) is 98.5 cm³/mol. The van der Waals surface area contributed by atoms with E-state index in [1.807, 2.05) is 6.07 Å². The maximum absolute atomic E-state index is 12.8. The third-order valence-corrected chi connectivity index (χ3v) is 4.46. The van der Waals surface area contributed by atoms with Crippen LogP contribution in [0.4, 0.5) is 4.79 Å². The monoisotopic (exact) mass is 374 g/mol. The molecule has 2 rings (SSSR count). The number of hydrogen-bond acceptors (Lipinski definition) is 7. The molecule has 27 heavy (non-hydrogen) atoms. The summed E-state index contributed by atoms with van der Waals surface area (Å²) in [5.41, 5.74) is 0.395. The highest BCUT2D eigenvalue weighted by Gasteiger charge is 2.36. The van der Waals surface area contributed by atoms with Gasteiger partial charge in [-0.05, 0) is 25.3 Å². The molecule has 0 spiro atoms. The standard InChI is InChI=1S/C19H26N4O4/c1-6-26-17(24)14-9-13(10-20)16(22-12(14)2)27-18(25)23-8-7-21-11-15(23)19(3,4)5/h9,15,21H,6-8,11H2,1-5H3. The molecular formula is C19H26N4O4. The molecule has 0 saturated carbocycles. The smallest absolute Gasteiger partial charge is 0.416 e. The van der Waals surface area contributed by atoms with Crippen LogP contribution in [-0.4, -0.2) is 54.2 Å². The number of carbonyl (C=O) groups is 2. The van der Waals surface area contributed by atoms with Crippen LogP contribution < -0.4 is 10.1 Å². The fourth-order valence-corrected chi connectivity index (χ4v) is 2.99. The van der Waals surface area contributed by atoms with Crippen LogP contribution in [-0.2, 0) is 4.74 Å². The second kappa shape index (κ2) is 8.35. The second-order valence-electron chi connectivity index (χ2n) is 7.45. The molecule has 0 radical (unpaired) electrons. The van der Waals surface area contributed by atoms with Gasteiger partial charge < -0.3 is 19.7 Å². The average molecular weight is 374 g/mol. The Kier molecular flexibility index (Phi) is 6.39. The number of amides is 1. The number of aromatic nitrogens is 1. The molecule has 0 bridgehead atoms. The van der Waals surface area contributed by atoms with Gasteiger partial charge in [-0.2, -0.15) is 5.26 Å². The highest BCUT2D eigenvalue weighted by Crippen LogP contribution is 2.27. The molecule has 8 heteroatoms. The Labute approximate surface area is 159 Å². The molecule has 1 aliphatic heterocycles. The van der Waals surface area contributed by atoms with Crippen LogP contribution in [0.15, 0.2) is 6.07 Å². The van der Waals surface area contributed by atoms with Crippen LogP contribution in [0, 0.1) is 23.7 Å². The van der Waals surface area contributed by atoms with E-state index in [4.69, 9.17) is 9.47 Å². The minimum atomic E-state index is -0.563. The number of nitrogens with one attached hydrogen (secondary N) is 1. The normalized spacial score (nSPS) is 17.2. The van der Waals surface area contributed by atoms with Gasteiger partial charge in [0.05, 0.1) is 23.9 Å². The van der Waals surface area contributed by atoms with E-state index in [9.17, 15) is 14.9 Å². The van der Waals surface area contributed by atoms with Crippen molar-refractivity contribution in [2.24, 2.45) is 5.41 Å². The lowest BCUT2D eigenvalue weighted by Crippen LogP contribution is -2.59. The third kappa shape index (κ3) is 4.74. The molecule has 1 atom stereocenters. The van der Waals surface area contributed by atoms with E-state index in [-0.39, 0.29) is 35.1 Å². The number of ether oxygens (including phenoxy) is 2. The molecule has 1 aliphatic rings. The SMILES string of the molecule is CCOC(=O)c1cc(C#N)c(OC(=O)N2CCNCC2C(C)(C)C)nc1C. The van der Waals surface area contributed by atoms with Crippen LogP contribution in [0.1, 0.15) is 49.3 Å². The largest absolute Gasteiger partial charge is 0.462 e. The zero-order chi connectivity index (χ0) is 20.2. The molecule has 8 nitrogen and oxygen atoms in total. The molecule has 1 fully saturated rings. The van der Waals surface area contributed by atoms with E-state index in [1.165, 1.54) is 6.07 Å². The van der Waals surface area contributed by atoms with Gasteiger partial charge in [-0.3, -0.25) is 0 Å². The fraction of sp³-hybridized carbons (Fsp3) is 0.579. The first-order chi connectivity index (χ1) is 12.7. The highest BCUT2D eigenvalue weighted by atomic mass is 16.6. The van der Waals surface area contributed by atoms with E-state index in [2.05, 4.69) is 31.1 Å². The van der Waals surface area contributed by atoms with Gasteiger partial charge in [0.1, 0.15) is 11.6 Å². The number of carbonyl (C=O) groups excluding carboxylic acids is 2. The Balaban J connectivity index is 2.28. The van der Waals surface area contributed by atoms with E-state index >= 15 is 0 Å². The zero-order valence-electron chi connectivity index (χ0n) is 16.5. The summed E-state index contributed by atoms with van der Waals surface area (Å²) in [6, 6.07) is 3.23. The van der Waals surface area contributed by atoms with Gasteiger partial charge in [-0.25, -0.2) is 14.6 Å².